The van der Waals surface area contributed by atoms with Gasteiger partial charge in [-0.25, -0.2) is 4.39 Å². The van der Waals surface area contributed by atoms with Gasteiger partial charge in [0.2, 0.25) is 0 Å². The van der Waals surface area contributed by atoms with E-state index in [0.717, 1.165) is 19.1 Å². The van der Waals surface area contributed by atoms with E-state index in [4.69, 9.17) is 0 Å². The molecular weight excluding hydrogens is 369 g/mol. The summed E-state index contributed by atoms with van der Waals surface area (Å²) in [7, 11) is 0. The van der Waals surface area contributed by atoms with Crippen LogP contribution in [0.2, 0.25) is 0 Å². The van der Waals surface area contributed by atoms with Crippen LogP contribution in [0.5, 0.6) is 0 Å². The Morgan fingerprint density at radius 3 is 2.45 bits per heavy atom. The Hall–Kier alpha value is 0.610. The van der Waals surface area contributed by atoms with Gasteiger partial charge in [-0.15, -0.1) is 0 Å². The van der Waals surface area contributed by atoms with E-state index in [1.807, 2.05) is 35.6 Å². The standard InChI is InChI=1S/C8H7FI2/c1-2-5-3-6(9)8(11)7(10)4-5/h3-4H,2H2,1H3. The molecule has 0 atom stereocenters. The molecular formula is C8H7FI2. The lowest BCUT2D eigenvalue weighted by Gasteiger charge is -2.01. The van der Waals surface area contributed by atoms with E-state index in [1.165, 1.54) is 0 Å². The van der Waals surface area contributed by atoms with Crippen molar-refractivity contribution in [1.82, 2.24) is 0 Å². The van der Waals surface area contributed by atoms with Crippen molar-refractivity contribution in [2.45, 2.75) is 13.3 Å². The Balaban J connectivity index is 3.21. The van der Waals surface area contributed by atoms with Crippen molar-refractivity contribution in [2.75, 3.05) is 0 Å². The van der Waals surface area contributed by atoms with Gasteiger partial charge in [0, 0.05) is 3.57 Å². The van der Waals surface area contributed by atoms with Crippen molar-refractivity contribution < 1.29 is 4.39 Å². The molecule has 0 aliphatic carbocycles. The first-order valence-corrected chi connectivity index (χ1v) is 5.44. The number of aryl methyl sites for hydroxylation is 1. The summed E-state index contributed by atoms with van der Waals surface area (Å²) in [5.74, 6) is -0.102. The number of benzene rings is 1. The summed E-state index contributed by atoms with van der Waals surface area (Å²) in [4.78, 5) is 0. The summed E-state index contributed by atoms with van der Waals surface area (Å²) < 4.78 is 14.7. The number of hydrogen-bond donors (Lipinski definition) is 0. The number of rotatable bonds is 1. The van der Waals surface area contributed by atoms with Crippen LogP contribution in [-0.4, -0.2) is 0 Å². The van der Waals surface area contributed by atoms with Gasteiger partial charge in [-0.1, -0.05) is 6.92 Å². The second-order valence-corrected chi connectivity index (χ2v) is 4.47. The van der Waals surface area contributed by atoms with Gasteiger partial charge in [0.15, 0.2) is 0 Å². The fourth-order valence-electron chi connectivity index (χ4n) is 0.812. The zero-order valence-electron chi connectivity index (χ0n) is 6.00. The van der Waals surface area contributed by atoms with E-state index in [2.05, 4.69) is 22.6 Å². The molecule has 1 aromatic rings. The van der Waals surface area contributed by atoms with Crippen LogP contribution in [0.4, 0.5) is 4.39 Å². The van der Waals surface area contributed by atoms with Gasteiger partial charge >= 0.3 is 0 Å². The predicted molar refractivity (Wildman–Crippen MR) is 61.2 cm³/mol. The summed E-state index contributed by atoms with van der Waals surface area (Å²) in [6, 6.07) is 3.62. The van der Waals surface area contributed by atoms with Crippen molar-refractivity contribution in [2.24, 2.45) is 0 Å². The van der Waals surface area contributed by atoms with Gasteiger partial charge in [-0.05, 0) is 69.3 Å². The third-order valence-electron chi connectivity index (χ3n) is 1.45. The zero-order valence-corrected chi connectivity index (χ0v) is 10.3. The zero-order chi connectivity index (χ0) is 8.43. The van der Waals surface area contributed by atoms with Crippen molar-refractivity contribution >= 4 is 45.2 Å². The predicted octanol–water partition coefficient (Wildman–Crippen LogP) is 3.60. The van der Waals surface area contributed by atoms with Crippen molar-refractivity contribution in [3.05, 3.63) is 30.7 Å². The Labute approximate surface area is 92.9 Å². The molecule has 0 nitrogen and oxygen atoms in total. The minimum atomic E-state index is -0.102. The lowest BCUT2D eigenvalue weighted by molar-refractivity contribution is 0.617. The van der Waals surface area contributed by atoms with E-state index >= 15 is 0 Å². The molecule has 0 aromatic heterocycles. The van der Waals surface area contributed by atoms with Crippen molar-refractivity contribution in [3.63, 3.8) is 0 Å². The molecule has 1 rings (SSSR count). The lowest BCUT2D eigenvalue weighted by Crippen LogP contribution is -1.90. The molecule has 0 bridgehead atoms. The highest BCUT2D eigenvalue weighted by Gasteiger charge is 2.04. The molecule has 1 aromatic carbocycles. The monoisotopic (exact) mass is 376 g/mol. The van der Waals surface area contributed by atoms with Gasteiger partial charge in [0.05, 0.1) is 3.57 Å². The maximum Gasteiger partial charge on any atom is 0.137 e. The largest absolute Gasteiger partial charge is 0.206 e. The maximum absolute atomic E-state index is 13.0. The summed E-state index contributed by atoms with van der Waals surface area (Å²) >= 11 is 4.17. The quantitative estimate of drug-likeness (QED) is 0.519. The average molecular weight is 376 g/mol. The molecule has 0 fully saturated rings. The van der Waals surface area contributed by atoms with Gasteiger partial charge in [-0.3, -0.25) is 0 Å². The molecule has 3 heteroatoms. The van der Waals surface area contributed by atoms with Crippen LogP contribution >= 0.6 is 45.2 Å². The molecule has 0 unspecified atom stereocenters. The molecule has 0 N–H and O–H groups in total. The van der Waals surface area contributed by atoms with E-state index in [0.29, 0.717) is 0 Å². The third-order valence-corrected chi connectivity index (χ3v) is 4.43. The first kappa shape index (κ1) is 9.70. The Bertz CT molecular complexity index is 248. The average Bonchev–Trinajstić information content (AvgIpc) is 1.99. The molecule has 0 saturated carbocycles. The molecule has 11 heavy (non-hydrogen) atoms. The molecule has 0 aliphatic heterocycles. The number of halogens is 3. The van der Waals surface area contributed by atoms with Gasteiger partial charge < -0.3 is 0 Å². The Morgan fingerprint density at radius 1 is 1.36 bits per heavy atom. The van der Waals surface area contributed by atoms with Gasteiger partial charge in [0.25, 0.3) is 0 Å². The third kappa shape index (κ3) is 2.27. The highest BCUT2D eigenvalue weighted by molar-refractivity contribution is 14.1. The molecule has 0 saturated heterocycles. The Morgan fingerprint density at radius 2 is 2.00 bits per heavy atom. The van der Waals surface area contributed by atoms with Crippen LogP contribution in [0, 0.1) is 13.0 Å². The molecule has 0 radical (unpaired) electrons. The first-order chi connectivity index (χ1) is 5.15. The number of hydrogen-bond acceptors (Lipinski definition) is 0. The normalized spacial score (nSPS) is 10.2. The van der Waals surface area contributed by atoms with Crippen LogP contribution in [0.3, 0.4) is 0 Å². The van der Waals surface area contributed by atoms with Crippen LogP contribution < -0.4 is 0 Å². The highest BCUT2D eigenvalue weighted by atomic mass is 127. The summed E-state index contributed by atoms with van der Waals surface area (Å²) in [5.41, 5.74) is 1.06. The smallest absolute Gasteiger partial charge is 0.137 e. The molecule has 0 amide bonds. The highest BCUT2D eigenvalue weighted by Crippen LogP contribution is 2.20. The van der Waals surface area contributed by atoms with Crippen LogP contribution in [-0.2, 0) is 6.42 Å². The topological polar surface area (TPSA) is 0 Å². The van der Waals surface area contributed by atoms with Crippen molar-refractivity contribution in [1.29, 1.82) is 0 Å². The minimum absolute atomic E-state index is 0.102. The summed E-state index contributed by atoms with van der Waals surface area (Å²) in [6.45, 7) is 2.03. The van der Waals surface area contributed by atoms with Crippen molar-refractivity contribution in [3.8, 4) is 0 Å². The second-order valence-electron chi connectivity index (χ2n) is 2.23. The fourth-order valence-corrected chi connectivity index (χ4v) is 1.78. The minimum Gasteiger partial charge on any atom is -0.206 e. The summed E-state index contributed by atoms with van der Waals surface area (Å²) in [5, 5.41) is 0. The van der Waals surface area contributed by atoms with Crippen LogP contribution in [0.25, 0.3) is 0 Å². The van der Waals surface area contributed by atoms with Gasteiger partial charge in [0.1, 0.15) is 5.82 Å². The first-order valence-electron chi connectivity index (χ1n) is 3.28. The van der Waals surface area contributed by atoms with Gasteiger partial charge in [-0.2, -0.15) is 0 Å². The van der Waals surface area contributed by atoms with E-state index < -0.39 is 0 Å². The summed E-state index contributed by atoms with van der Waals surface area (Å²) in [6.07, 6.45) is 0.893. The van der Waals surface area contributed by atoms with Crippen LogP contribution in [0.15, 0.2) is 12.1 Å². The van der Waals surface area contributed by atoms with E-state index in [1.54, 1.807) is 6.07 Å². The molecule has 0 heterocycles. The Kier molecular flexibility index (Phi) is 3.54. The molecule has 0 aliphatic rings. The maximum atomic E-state index is 13.0. The van der Waals surface area contributed by atoms with E-state index in [9.17, 15) is 4.39 Å². The van der Waals surface area contributed by atoms with Crippen LogP contribution in [0.1, 0.15) is 12.5 Å². The lowest BCUT2D eigenvalue weighted by atomic mass is 10.2. The second kappa shape index (κ2) is 4.02. The van der Waals surface area contributed by atoms with E-state index in [-0.39, 0.29) is 5.82 Å². The SMILES string of the molecule is CCc1cc(F)c(I)c(I)c1. The molecule has 60 valence electrons. The fraction of sp³-hybridized carbons (Fsp3) is 0.250. The molecule has 0 spiro atoms.